The first kappa shape index (κ1) is 47.4. The van der Waals surface area contributed by atoms with Crippen molar-refractivity contribution in [2.75, 3.05) is 78.0 Å². The summed E-state index contributed by atoms with van der Waals surface area (Å²) in [5.74, 6) is 4.24. The number of ether oxygens (including phenoxy) is 6. The molecule has 5 aliphatic heterocycles. The molecule has 366 valence electrons. The third-order valence-corrected chi connectivity index (χ3v) is 14.0. The fourth-order valence-electron chi connectivity index (χ4n) is 11.0. The summed E-state index contributed by atoms with van der Waals surface area (Å²) in [6.45, 7) is 1.43. The van der Waals surface area contributed by atoms with Crippen LogP contribution in [-0.4, -0.2) is 128 Å². The Labute approximate surface area is 411 Å². The van der Waals surface area contributed by atoms with E-state index >= 15 is 14.4 Å². The Bertz CT molecular complexity index is 2850. The van der Waals surface area contributed by atoms with Crippen molar-refractivity contribution in [3.63, 3.8) is 0 Å². The van der Waals surface area contributed by atoms with Crippen LogP contribution in [0.4, 0.5) is 10.5 Å². The Hall–Kier alpha value is -7.26. The van der Waals surface area contributed by atoms with Crippen molar-refractivity contribution in [2.24, 2.45) is 5.92 Å². The van der Waals surface area contributed by atoms with Gasteiger partial charge in [-0.2, -0.15) is 0 Å². The summed E-state index contributed by atoms with van der Waals surface area (Å²) in [7, 11) is 1.46. The minimum absolute atomic E-state index is 0.0480. The predicted molar refractivity (Wildman–Crippen MR) is 257 cm³/mol. The van der Waals surface area contributed by atoms with Crippen LogP contribution in [-0.2, 0) is 40.6 Å². The summed E-state index contributed by atoms with van der Waals surface area (Å²) in [5.41, 5.74) is 1.66. The normalized spacial score (nSPS) is 23.5. The maximum Gasteiger partial charge on any atom is 0.421 e. The number of hydrogen-bond donors (Lipinski definition) is 2. The molecule has 6 unspecified atom stereocenters. The van der Waals surface area contributed by atoms with Gasteiger partial charge in [-0.25, -0.2) is 9.69 Å². The van der Waals surface area contributed by atoms with Crippen LogP contribution in [0.25, 0.3) is 0 Å². The second kappa shape index (κ2) is 20.6. The highest BCUT2D eigenvalue weighted by Crippen LogP contribution is 2.67. The van der Waals surface area contributed by atoms with E-state index in [0.717, 1.165) is 16.0 Å². The largest absolute Gasteiger partial charge is 0.491 e. The minimum Gasteiger partial charge on any atom is -0.491 e. The number of aliphatic hydroxyl groups is 2. The van der Waals surface area contributed by atoms with Crippen molar-refractivity contribution >= 4 is 29.6 Å². The van der Waals surface area contributed by atoms with E-state index in [0.29, 0.717) is 53.6 Å². The maximum atomic E-state index is 16.6. The fourth-order valence-corrected chi connectivity index (χ4v) is 11.0. The van der Waals surface area contributed by atoms with E-state index in [2.05, 4.69) is 16.7 Å². The Morgan fingerprint density at radius 1 is 0.775 bits per heavy atom. The Morgan fingerprint density at radius 2 is 1.51 bits per heavy atom. The number of cyclic esters (lactones) is 1. The number of carbonyl (C=O) groups excluding carboxylic acids is 4. The van der Waals surface area contributed by atoms with Gasteiger partial charge >= 0.3 is 12.1 Å². The molecule has 3 saturated heterocycles. The highest BCUT2D eigenvalue weighted by atomic mass is 16.7. The molecule has 5 aromatic carbocycles. The predicted octanol–water partition coefficient (Wildman–Crippen LogP) is 5.31. The number of benzene rings is 5. The number of hydrogen-bond acceptors (Lipinski definition) is 14. The number of methoxy groups -OCH3 is 1. The number of fused-ring (bicyclic) bond motifs is 4. The van der Waals surface area contributed by atoms with E-state index in [4.69, 9.17) is 28.4 Å². The van der Waals surface area contributed by atoms with Crippen LogP contribution < -0.4 is 19.1 Å². The van der Waals surface area contributed by atoms with Gasteiger partial charge in [-0.3, -0.25) is 24.2 Å². The van der Waals surface area contributed by atoms with E-state index < -0.39 is 59.4 Å². The van der Waals surface area contributed by atoms with Crippen molar-refractivity contribution in [1.82, 2.24) is 14.7 Å². The van der Waals surface area contributed by atoms with Crippen LogP contribution >= 0.6 is 0 Å². The zero-order valence-electron chi connectivity index (χ0n) is 39.2. The van der Waals surface area contributed by atoms with Crippen molar-refractivity contribution in [1.29, 1.82) is 0 Å². The van der Waals surface area contributed by atoms with E-state index in [1.165, 1.54) is 7.11 Å². The standard InChI is InChI=1S/C55H54N4O12/c1-66-30-31-68-54(65)58-42-21-19-36(12-10-11-27-60)32-41(42)55(53(58)64)46(51(62)57-25-23-56(24-26-57)34-37-20-22-44-45(33-37)70-35-69-44)48-52(63)71-49(39-15-6-3-7-16-39)47(38-13-4-2-5-14-38)59(48)50(55)40-17-8-9-18-43(40)67-29-28-61/h2-9,13-22,32-33,46-50,60-61H,11,23-31,34-35H2,1H3. The smallest absolute Gasteiger partial charge is 0.421 e. The number of morpholine rings is 1. The van der Waals surface area contributed by atoms with Crippen molar-refractivity contribution < 1.29 is 57.8 Å². The summed E-state index contributed by atoms with van der Waals surface area (Å²) < 4.78 is 35.1. The molecule has 2 N–H and O–H groups in total. The highest BCUT2D eigenvalue weighted by molar-refractivity contribution is 6.23. The Balaban J connectivity index is 1.19. The number of esters is 1. The first-order chi connectivity index (χ1) is 34.8. The summed E-state index contributed by atoms with van der Waals surface area (Å²) in [5, 5.41) is 19.8. The van der Waals surface area contributed by atoms with Gasteiger partial charge in [0.1, 0.15) is 36.5 Å². The number of amides is 3. The molecule has 6 atom stereocenters. The molecule has 71 heavy (non-hydrogen) atoms. The lowest BCUT2D eigenvalue weighted by atomic mass is 9.64. The molecule has 1 spiro atoms. The van der Waals surface area contributed by atoms with Crippen molar-refractivity contribution in [2.45, 2.75) is 42.6 Å². The molecular formula is C55H54N4O12. The molecule has 3 amide bonds. The van der Waals surface area contributed by atoms with Gasteiger partial charge in [0.15, 0.2) is 11.5 Å². The maximum absolute atomic E-state index is 16.6. The number of nitrogens with zero attached hydrogens (tertiary/aromatic N) is 4. The van der Waals surface area contributed by atoms with Gasteiger partial charge in [0.25, 0.3) is 0 Å². The Morgan fingerprint density at radius 3 is 2.25 bits per heavy atom. The van der Waals surface area contributed by atoms with Crippen LogP contribution in [0.15, 0.2) is 121 Å². The molecule has 5 heterocycles. The summed E-state index contributed by atoms with van der Waals surface area (Å²) in [6, 6.07) is 33.3. The topological polar surface area (TPSA) is 177 Å². The van der Waals surface area contributed by atoms with E-state index in [1.807, 2.05) is 83.8 Å². The highest BCUT2D eigenvalue weighted by Gasteiger charge is 2.76. The molecule has 3 fully saturated rings. The molecule has 16 nitrogen and oxygen atoms in total. The first-order valence-electron chi connectivity index (χ1n) is 23.8. The number of carbonyl (C=O) groups is 4. The average molecular weight is 963 g/mol. The molecule has 0 saturated carbocycles. The SMILES string of the molecule is COCCOC(=O)N1C(=O)C2(c3cc(C#CCCO)ccc31)C(C(=O)N1CCN(Cc3ccc4c(c3)OCO4)CC1)C1C(=O)OC(c3ccccc3)C(c3ccccc3)N1C2c1ccccc1OCCO. The zero-order chi connectivity index (χ0) is 49.1. The van der Waals surface area contributed by atoms with Crippen molar-refractivity contribution in [3.05, 3.63) is 155 Å². The summed E-state index contributed by atoms with van der Waals surface area (Å²) in [6.07, 6.45) is -1.77. The van der Waals surface area contributed by atoms with Gasteiger partial charge in [0.2, 0.25) is 18.6 Å². The van der Waals surface area contributed by atoms with Gasteiger partial charge in [-0.1, -0.05) is 96.8 Å². The van der Waals surface area contributed by atoms with Gasteiger partial charge in [-0.05, 0) is 58.7 Å². The van der Waals surface area contributed by atoms with E-state index in [-0.39, 0.29) is 70.6 Å². The third kappa shape index (κ3) is 8.63. The van der Waals surface area contributed by atoms with E-state index in [1.54, 1.807) is 47.4 Å². The average Bonchev–Trinajstić information content (AvgIpc) is 4.07. The molecule has 16 heteroatoms. The second-order valence-corrected chi connectivity index (χ2v) is 17.9. The fraction of sp³-hybridized carbons (Fsp3) is 0.345. The first-order valence-corrected chi connectivity index (χ1v) is 23.8. The molecule has 0 bridgehead atoms. The quantitative estimate of drug-likeness (QED) is 0.0882. The number of piperazine rings is 1. The number of aliphatic hydroxyl groups excluding tert-OH is 2. The van der Waals surface area contributed by atoms with Crippen LogP contribution in [0, 0.1) is 17.8 Å². The van der Waals surface area contributed by atoms with Crippen molar-refractivity contribution in [3.8, 4) is 29.1 Å². The molecule has 5 aromatic rings. The molecule has 0 aromatic heterocycles. The monoisotopic (exact) mass is 962 g/mol. The Kier molecular flexibility index (Phi) is 13.8. The number of para-hydroxylation sites is 1. The van der Waals surface area contributed by atoms with Crippen LogP contribution in [0.5, 0.6) is 17.2 Å². The van der Waals surface area contributed by atoms with Crippen LogP contribution in [0.2, 0.25) is 0 Å². The number of anilines is 1. The van der Waals surface area contributed by atoms with Crippen LogP contribution in [0.3, 0.4) is 0 Å². The lowest BCUT2D eigenvalue weighted by Crippen LogP contribution is -2.59. The molecule has 0 radical (unpaired) electrons. The minimum atomic E-state index is -2.08. The summed E-state index contributed by atoms with van der Waals surface area (Å²) in [4.78, 5) is 70.0. The van der Waals surface area contributed by atoms with Gasteiger partial charge < -0.3 is 43.5 Å². The summed E-state index contributed by atoms with van der Waals surface area (Å²) >= 11 is 0. The lowest BCUT2D eigenvalue weighted by Gasteiger charge is -2.46. The van der Waals surface area contributed by atoms with Gasteiger partial charge in [0, 0.05) is 57.4 Å². The number of imide groups is 1. The third-order valence-electron chi connectivity index (χ3n) is 14.0. The molecule has 0 aliphatic carbocycles. The van der Waals surface area contributed by atoms with Gasteiger partial charge in [0.05, 0.1) is 43.5 Å². The molecule has 10 rings (SSSR count). The lowest BCUT2D eigenvalue weighted by molar-refractivity contribution is -0.179. The molecular weight excluding hydrogens is 909 g/mol. The second-order valence-electron chi connectivity index (χ2n) is 17.9. The zero-order valence-corrected chi connectivity index (χ0v) is 39.2. The van der Waals surface area contributed by atoms with Crippen LogP contribution in [0.1, 0.15) is 58.0 Å². The van der Waals surface area contributed by atoms with Gasteiger partial charge in [-0.15, -0.1) is 0 Å². The number of rotatable bonds is 13. The molecule has 5 aliphatic rings. The van der Waals surface area contributed by atoms with E-state index in [9.17, 15) is 15.0 Å².